The third kappa shape index (κ3) is 18.0. The van der Waals surface area contributed by atoms with Crippen molar-refractivity contribution in [2.24, 2.45) is 0 Å². The van der Waals surface area contributed by atoms with Gasteiger partial charge in [0.05, 0.1) is 39.6 Å². The van der Waals surface area contributed by atoms with Crippen LogP contribution in [0.15, 0.2) is 0 Å². The number of hydrogen-bond acceptors (Lipinski definition) is 14. The van der Waals surface area contributed by atoms with Crippen LogP contribution in [0.25, 0.3) is 0 Å². The molecule has 0 aliphatic heterocycles. The van der Waals surface area contributed by atoms with E-state index in [1.54, 1.807) is 27.7 Å². The van der Waals surface area contributed by atoms with E-state index in [4.69, 9.17) is 18.9 Å². The molecule has 2 radical (unpaired) electrons. The van der Waals surface area contributed by atoms with Crippen molar-refractivity contribution < 1.29 is 133 Å². The fourth-order valence-corrected chi connectivity index (χ4v) is 4.07. The van der Waals surface area contributed by atoms with Gasteiger partial charge >= 0.3 is 24.2 Å². The fraction of sp³-hybridized carbons (Fsp3) is 0.857. The quantitative estimate of drug-likeness (QED) is 0.167. The molecule has 14 nitrogen and oxygen atoms in total. The van der Waals surface area contributed by atoms with Gasteiger partial charge in [0.15, 0.2) is 11.2 Å². The average molecular weight is 786 g/mol. The molecule has 2 aliphatic rings. The Morgan fingerprint density at radius 1 is 0.591 bits per heavy atom. The molecule has 2 N–H and O–H groups in total. The van der Waals surface area contributed by atoms with E-state index >= 15 is 0 Å². The number of carbonyl (C=O) groups is 4. The number of aliphatic hydroxyl groups excluding tert-OH is 2. The zero-order valence-corrected chi connectivity index (χ0v) is 32.4. The summed E-state index contributed by atoms with van der Waals surface area (Å²) in [6.45, 7) is 6.34. The van der Waals surface area contributed by atoms with Crippen LogP contribution >= 0.6 is 0 Å². The average Bonchev–Trinajstić information content (AvgIpc) is 2.95. The maximum absolute atomic E-state index is 12.1. The Labute approximate surface area is 309 Å². The van der Waals surface area contributed by atoms with E-state index in [2.05, 4.69) is 18.9 Å². The molecule has 2 fully saturated rings. The van der Waals surface area contributed by atoms with Gasteiger partial charge in [0.25, 0.3) is 0 Å². The molecule has 4 atom stereocenters. The summed E-state index contributed by atoms with van der Waals surface area (Å²) in [5.41, 5.74) is -2.34. The van der Waals surface area contributed by atoms with E-state index < -0.39 is 59.9 Å². The first-order valence-electron chi connectivity index (χ1n) is 14.2. The minimum Gasteiger partial charge on any atom is -0.457 e. The van der Waals surface area contributed by atoms with Gasteiger partial charge in [-0.1, -0.05) is 12.8 Å². The molecule has 2 rings (SSSR count). The molecule has 4 unspecified atom stereocenters. The molecule has 2 saturated carbocycles. The molecule has 44 heavy (non-hydrogen) atoms. The van der Waals surface area contributed by atoms with Crippen LogP contribution in [0.2, 0.25) is 0 Å². The van der Waals surface area contributed by atoms with Crippen molar-refractivity contribution in [3.63, 3.8) is 0 Å². The Morgan fingerprint density at radius 2 is 0.909 bits per heavy atom. The van der Waals surface area contributed by atoms with Crippen molar-refractivity contribution >= 4 is 24.2 Å². The molecule has 0 heterocycles. The van der Waals surface area contributed by atoms with E-state index in [1.807, 2.05) is 0 Å². The Balaban J connectivity index is 0. The Bertz CT molecular complexity index is 786. The van der Waals surface area contributed by atoms with Crippen LogP contribution in [-0.4, -0.2) is 111 Å². The van der Waals surface area contributed by atoms with Gasteiger partial charge in [0, 0.05) is 65.4 Å². The van der Waals surface area contributed by atoms with E-state index in [0.717, 1.165) is 25.7 Å². The summed E-state index contributed by atoms with van der Waals surface area (Å²) in [5, 5.41) is 19.6. The second-order valence-corrected chi connectivity index (χ2v) is 10.9. The third-order valence-electron chi connectivity index (χ3n) is 6.70. The van der Waals surface area contributed by atoms with E-state index in [-0.39, 0.29) is 91.8 Å². The molecule has 0 amide bonds. The normalized spacial score (nSPS) is 21.5. The molecule has 0 aromatic heterocycles. The fourth-order valence-electron chi connectivity index (χ4n) is 4.07. The molecule has 16 heteroatoms. The number of carbonyl (C=O) groups excluding carboxylic acids is 4. The predicted molar refractivity (Wildman–Crippen MR) is 145 cm³/mol. The van der Waals surface area contributed by atoms with Crippen molar-refractivity contribution in [2.75, 3.05) is 40.6 Å². The number of methoxy groups -OCH3 is 2. The summed E-state index contributed by atoms with van der Waals surface area (Å²) in [5.74, 6) is -1.07. The maximum atomic E-state index is 12.1. The summed E-state index contributed by atoms with van der Waals surface area (Å²) >= 11 is 0. The molecule has 0 bridgehead atoms. The van der Waals surface area contributed by atoms with E-state index in [1.165, 1.54) is 14.2 Å². The first-order valence-corrected chi connectivity index (χ1v) is 14.2. The van der Waals surface area contributed by atoms with Crippen molar-refractivity contribution in [1.82, 2.24) is 0 Å². The standard InChI is InChI=1S/2C14H24O7.2Y/c2*1-14(2,20-9-8-19-13(17)18-3)12(16)21-11-7-5-4-6-10(11)15;;/h2*10-11,15H,4-9H2,1-3H3;;. The molecule has 0 aromatic rings. The van der Waals surface area contributed by atoms with Crippen LogP contribution in [0, 0.1) is 0 Å². The largest absolute Gasteiger partial charge is 0.508 e. The molecule has 0 saturated heterocycles. The minimum atomic E-state index is -1.17. The van der Waals surface area contributed by atoms with Gasteiger partial charge in [-0.15, -0.1) is 0 Å². The van der Waals surface area contributed by atoms with Crippen LogP contribution in [-0.2, 0) is 113 Å². The van der Waals surface area contributed by atoms with Crippen LogP contribution < -0.4 is 0 Å². The maximum Gasteiger partial charge on any atom is 0.508 e. The monoisotopic (exact) mass is 786 g/mol. The Morgan fingerprint density at radius 3 is 1.20 bits per heavy atom. The Kier molecular flexibility index (Phi) is 24.7. The zero-order valence-electron chi connectivity index (χ0n) is 26.7. The van der Waals surface area contributed by atoms with Gasteiger partial charge in [-0.2, -0.15) is 0 Å². The molecule has 0 spiro atoms. The van der Waals surface area contributed by atoms with Gasteiger partial charge < -0.3 is 48.1 Å². The number of hydrogen-bond donors (Lipinski definition) is 2. The molecule has 250 valence electrons. The van der Waals surface area contributed by atoms with Gasteiger partial charge in [0.1, 0.15) is 25.4 Å². The van der Waals surface area contributed by atoms with Crippen molar-refractivity contribution in [2.45, 2.75) is 115 Å². The van der Waals surface area contributed by atoms with Crippen molar-refractivity contribution in [3.8, 4) is 0 Å². The molecular weight excluding hydrogens is 738 g/mol. The van der Waals surface area contributed by atoms with Gasteiger partial charge in [-0.05, 0) is 66.2 Å². The van der Waals surface area contributed by atoms with Gasteiger partial charge in [-0.3, -0.25) is 0 Å². The summed E-state index contributed by atoms with van der Waals surface area (Å²) in [6.07, 6.45) is 2.60. The van der Waals surface area contributed by atoms with Crippen LogP contribution in [0.4, 0.5) is 9.59 Å². The molecular formula is C28H48O14Y2. The summed E-state index contributed by atoms with van der Waals surface area (Å²) in [4.78, 5) is 45.6. The zero-order chi connectivity index (χ0) is 31.8. The van der Waals surface area contributed by atoms with Crippen LogP contribution in [0.5, 0.6) is 0 Å². The Hall–Kier alpha value is -0.472. The van der Waals surface area contributed by atoms with Crippen molar-refractivity contribution in [3.05, 3.63) is 0 Å². The van der Waals surface area contributed by atoms with Crippen LogP contribution in [0.3, 0.4) is 0 Å². The van der Waals surface area contributed by atoms with Crippen molar-refractivity contribution in [1.29, 1.82) is 0 Å². The van der Waals surface area contributed by atoms with Crippen LogP contribution in [0.1, 0.15) is 79.1 Å². The summed E-state index contributed by atoms with van der Waals surface area (Å²) in [6, 6.07) is 0. The summed E-state index contributed by atoms with van der Waals surface area (Å²) < 4.78 is 39.3. The topological polar surface area (TPSA) is 183 Å². The summed E-state index contributed by atoms with van der Waals surface area (Å²) in [7, 11) is 2.42. The first-order chi connectivity index (χ1) is 19.7. The number of aliphatic hydroxyl groups is 2. The molecule has 2 aliphatic carbocycles. The SMILES string of the molecule is COC(=O)OCCOC(C)(C)C(=O)OC1CCCCC1O.COC(=O)OCCOC(C)(C)C(=O)OC1CCCCC1O.[Y].[Y]. The predicted octanol–water partition coefficient (Wildman–Crippen LogP) is 2.82. The second kappa shape index (κ2) is 23.8. The number of rotatable bonds is 12. The third-order valence-corrected chi connectivity index (χ3v) is 6.70. The number of esters is 2. The second-order valence-electron chi connectivity index (χ2n) is 10.9. The van der Waals surface area contributed by atoms with Gasteiger partial charge in [0.2, 0.25) is 0 Å². The van der Waals surface area contributed by atoms with E-state index in [0.29, 0.717) is 25.7 Å². The molecule has 0 aromatic carbocycles. The van der Waals surface area contributed by atoms with E-state index in [9.17, 15) is 29.4 Å². The first kappa shape index (κ1) is 45.6. The minimum absolute atomic E-state index is 0. The van der Waals surface area contributed by atoms with Gasteiger partial charge in [-0.25, -0.2) is 19.2 Å². The smallest absolute Gasteiger partial charge is 0.457 e. The number of ether oxygens (including phenoxy) is 8.